The van der Waals surface area contributed by atoms with Crippen molar-refractivity contribution in [1.29, 1.82) is 5.26 Å². The van der Waals surface area contributed by atoms with Gasteiger partial charge in [0.25, 0.3) is 0 Å². The summed E-state index contributed by atoms with van der Waals surface area (Å²) < 4.78 is 0.364. The second-order valence-electron chi connectivity index (χ2n) is 13.8. The molecule has 6 rings (SSSR count). The molecule has 1 aromatic heterocycles. The van der Waals surface area contributed by atoms with Crippen molar-refractivity contribution < 1.29 is 19.2 Å². The smallest absolute Gasteiger partial charge is 0.348 e. The summed E-state index contributed by atoms with van der Waals surface area (Å²) in [5.74, 6) is 0.106. The van der Waals surface area contributed by atoms with Crippen LogP contribution in [0.5, 0.6) is 0 Å². The molecule has 3 aliphatic heterocycles. The van der Waals surface area contributed by atoms with Gasteiger partial charge in [-0.1, -0.05) is 30.3 Å². The molecule has 0 unspecified atom stereocenters. The minimum atomic E-state index is -0.262. The molecule has 2 N–H and O–H groups in total. The van der Waals surface area contributed by atoms with E-state index in [0.717, 1.165) is 75.6 Å². The van der Waals surface area contributed by atoms with Crippen LogP contribution in [0.25, 0.3) is 0 Å². The zero-order valence-electron chi connectivity index (χ0n) is 26.5. The van der Waals surface area contributed by atoms with Gasteiger partial charge in [0.2, 0.25) is 0 Å². The Balaban J connectivity index is 1.32. The number of urea groups is 1. The van der Waals surface area contributed by atoms with E-state index in [4.69, 9.17) is 0 Å². The largest absolute Gasteiger partial charge is 0.393 e. The zero-order valence-corrected chi connectivity index (χ0v) is 26.5. The van der Waals surface area contributed by atoms with Crippen LogP contribution in [0.2, 0.25) is 0 Å². The summed E-state index contributed by atoms with van der Waals surface area (Å²) in [6.07, 6.45) is 6.21. The molecule has 4 heterocycles. The predicted octanol–water partition coefficient (Wildman–Crippen LogP) is 4.61. The first-order valence-corrected chi connectivity index (χ1v) is 16.5. The number of amides is 3. The van der Waals surface area contributed by atoms with E-state index < -0.39 is 0 Å². The molecule has 3 amide bonds. The van der Waals surface area contributed by atoms with E-state index in [0.29, 0.717) is 41.1 Å². The van der Waals surface area contributed by atoms with Crippen LogP contribution < -0.4 is 5.32 Å². The number of nitrogens with zero attached hydrogens (tertiary/aromatic N) is 5. The summed E-state index contributed by atoms with van der Waals surface area (Å²) >= 11 is 0. The van der Waals surface area contributed by atoms with Crippen molar-refractivity contribution in [3.63, 3.8) is 0 Å². The molecule has 1 saturated carbocycles. The highest BCUT2D eigenvalue weighted by Gasteiger charge is 2.57. The third-order valence-corrected chi connectivity index (χ3v) is 11.4. The summed E-state index contributed by atoms with van der Waals surface area (Å²) in [6.45, 7) is 9.80. The first kappa shape index (κ1) is 30.7. The van der Waals surface area contributed by atoms with Gasteiger partial charge in [-0.2, -0.15) is 5.26 Å². The highest BCUT2D eigenvalue weighted by molar-refractivity contribution is 5.92. The minimum absolute atomic E-state index is 0.0297. The number of nitriles is 1. The van der Waals surface area contributed by atoms with E-state index in [1.54, 1.807) is 6.07 Å². The van der Waals surface area contributed by atoms with Gasteiger partial charge < -0.3 is 20.2 Å². The Morgan fingerprint density at radius 2 is 1.70 bits per heavy atom. The normalized spacial score (nSPS) is 30.7. The van der Waals surface area contributed by atoms with Crippen molar-refractivity contribution in [3.8, 4) is 6.07 Å². The number of benzene rings is 1. The summed E-state index contributed by atoms with van der Waals surface area (Å²) in [7, 11) is 0. The van der Waals surface area contributed by atoms with Crippen molar-refractivity contribution in [1.82, 2.24) is 20.1 Å². The number of aliphatic hydroxyl groups excluding tert-OH is 1. The van der Waals surface area contributed by atoms with Gasteiger partial charge in [-0.15, -0.1) is 0 Å². The van der Waals surface area contributed by atoms with Gasteiger partial charge in [-0.05, 0) is 63.6 Å². The molecule has 234 valence electrons. The van der Waals surface area contributed by atoms with Crippen LogP contribution in [0, 0.1) is 25.2 Å². The average molecular weight is 600 g/mol. The van der Waals surface area contributed by atoms with Crippen LogP contribution in [0.4, 0.5) is 4.79 Å². The van der Waals surface area contributed by atoms with Crippen LogP contribution in [-0.4, -0.2) is 92.8 Å². The number of aromatic nitrogens is 1. The molecule has 4 aliphatic rings. The first-order chi connectivity index (χ1) is 21.2. The van der Waals surface area contributed by atoms with Gasteiger partial charge in [-0.25, -0.2) is 14.6 Å². The molecule has 9 heteroatoms. The lowest BCUT2D eigenvalue weighted by atomic mass is 9.81. The fourth-order valence-electron chi connectivity index (χ4n) is 8.74. The number of piperidine rings is 2. The van der Waals surface area contributed by atoms with Crippen molar-refractivity contribution in [2.24, 2.45) is 0 Å². The molecule has 4 fully saturated rings. The SMILES string of the molecule is Cc1cc(C#N)nc(C)c1C(=O)[N+]1(C2(C)CCNCC2)CCC(N2C(=O)N(C3CCC(O)CC3)C[C@H]2c2ccccc2)CC1. The third-order valence-electron chi connectivity index (χ3n) is 11.4. The Morgan fingerprint density at radius 3 is 2.32 bits per heavy atom. The van der Waals surface area contributed by atoms with Crippen molar-refractivity contribution in [3.05, 3.63) is 64.5 Å². The number of carbonyl (C=O) groups is 2. The van der Waals surface area contributed by atoms with E-state index in [2.05, 4.69) is 45.2 Å². The van der Waals surface area contributed by atoms with E-state index in [1.165, 1.54) is 0 Å². The maximum Gasteiger partial charge on any atom is 0.348 e. The third kappa shape index (κ3) is 5.31. The molecule has 2 aromatic rings. The molecule has 0 radical (unpaired) electrons. The first-order valence-electron chi connectivity index (χ1n) is 16.5. The molecular formula is C35H47N6O3+. The number of rotatable bonds is 5. The highest BCUT2D eigenvalue weighted by Crippen LogP contribution is 2.43. The minimum Gasteiger partial charge on any atom is -0.393 e. The molecule has 3 saturated heterocycles. The van der Waals surface area contributed by atoms with E-state index in [-0.39, 0.29) is 41.7 Å². The Hall–Kier alpha value is -3.32. The van der Waals surface area contributed by atoms with Crippen LogP contribution in [0.1, 0.15) is 97.2 Å². The van der Waals surface area contributed by atoms with Crippen LogP contribution in [0.15, 0.2) is 36.4 Å². The molecule has 1 aliphatic carbocycles. The number of hydrogen-bond donors (Lipinski definition) is 2. The van der Waals surface area contributed by atoms with E-state index in [1.807, 2.05) is 32.0 Å². The van der Waals surface area contributed by atoms with Crippen molar-refractivity contribution >= 4 is 11.9 Å². The number of aliphatic hydroxyl groups is 1. The maximum absolute atomic E-state index is 14.9. The number of quaternary nitrogens is 1. The van der Waals surface area contributed by atoms with Gasteiger partial charge in [-0.3, -0.25) is 4.48 Å². The molecule has 1 aromatic carbocycles. The van der Waals surface area contributed by atoms with E-state index in [9.17, 15) is 20.0 Å². The number of aryl methyl sites for hydroxylation is 2. The quantitative estimate of drug-likeness (QED) is 0.486. The lowest BCUT2D eigenvalue weighted by Gasteiger charge is -2.55. The average Bonchev–Trinajstić information content (AvgIpc) is 3.38. The molecule has 0 bridgehead atoms. The Labute approximate surface area is 261 Å². The molecule has 44 heavy (non-hydrogen) atoms. The highest BCUT2D eigenvalue weighted by atomic mass is 16.3. The Bertz CT molecular complexity index is 1390. The summed E-state index contributed by atoms with van der Waals surface area (Å²) in [4.78, 5) is 37.8. The van der Waals surface area contributed by atoms with Gasteiger partial charge in [0.15, 0.2) is 0 Å². The second kappa shape index (κ2) is 12.2. The predicted molar refractivity (Wildman–Crippen MR) is 168 cm³/mol. The number of likely N-dealkylation sites (tertiary alicyclic amines) is 1. The molecule has 9 nitrogen and oxygen atoms in total. The Morgan fingerprint density at radius 1 is 1.05 bits per heavy atom. The molecule has 1 atom stereocenters. The standard InChI is InChI=1S/C35H47N6O3/c1-24-21-27(22-36)38-25(2)32(24)33(43)41(35(3)15-17-37-18-16-35)19-13-29(14-20-41)40-31(26-7-5-4-6-8-26)23-39(34(40)44)28-9-11-30(42)12-10-28/h4-8,21,28-31,37,42H,9-20,23H2,1-3H3/q+1/t28?,29?,30?,31-,41?/m0/s1. The monoisotopic (exact) mass is 599 g/mol. The Kier molecular flexibility index (Phi) is 8.53. The zero-order chi connectivity index (χ0) is 31.1. The lowest BCUT2D eigenvalue weighted by molar-refractivity contribution is -0.907. The maximum atomic E-state index is 14.9. The molecule has 0 spiro atoms. The number of carbonyl (C=O) groups excluding carboxylic acids is 2. The van der Waals surface area contributed by atoms with Gasteiger partial charge >= 0.3 is 11.9 Å². The summed E-state index contributed by atoms with van der Waals surface area (Å²) in [6, 6.07) is 14.5. The topological polar surface area (TPSA) is 110 Å². The second-order valence-corrected chi connectivity index (χ2v) is 13.8. The number of hydrogen-bond acceptors (Lipinski definition) is 6. The van der Waals surface area contributed by atoms with Gasteiger partial charge in [0.1, 0.15) is 22.9 Å². The van der Waals surface area contributed by atoms with Gasteiger partial charge in [0, 0.05) is 57.4 Å². The van der Waals surface area contributed by atoms with Crippen LogP contribution in [0.3, 0.4) is 0 Å². The number of pyridine rings is 1. The van der Waals surface area contributed by atoms with Crippen LogP contribution in [-0.2, 0) is 0 Å². The van der Waals surface area contributed by atoms with Crippen LogP contribution >= 0.6 is 0 Å². The summed E-state index contributed by atoms with van der Waals surface area (Å²) in [5, 5.41) is 23.1. The van der Waals surface area contributed by atoms with Crippen molar-refractivity contribution in [2.75, 3.05) is 32.7 Å². The lowest BCUT2D eigenvalue weighted by Crippen LogP contribution is -2.72. The fourth-order valence-corrected chi connectivity index (χ4v) is 8.74. The molecular weight excluding hydrogens is 552 g/mol. The van der Waals surface area contributed by atoms with Gasteiger partial charge in [0.05, 0.1) is 30.9 Å². The summed E-state index contributed by atoms with van der Waals surface area (Å²) in [5.41, 5.74) is 3.34. The fraction of sp³-hybridized carbons (Fsp3) is 0.600. The number of nitrogens with one attached hydrogen (secondary N) is 1. The van der Waals surface area contributed by atoms with E-state index >= 15 is 0 Å². The van der Waals surface area contributed by atoms with Crippen molar-refractivity contribution in [2.45, 2.75) is 102 Å².